The lowest BCUT2D eigenvalue weighted by molar-refractivity contribution is 0.586. The monoisotopic (exact) mass is 295 g/mol. The highest BCUT2D eigenvalue weighted by Crippen LogP contribution is 2.67. The van der Waals surface area contributed by atoms with Gasteiger partial charge in [-0.05, 0) is 61.2 Å². The van der Waals surface area contributed by atoms with E-state index in [0.717, 1.165) is 0 Å². The highest BCUT2D eigenvalue weighted by atomic mass is 31.1. The first kappa shape index (κ1) is 17.9. The summed E-state index contributed by atoms with van der Waals surface area (Å²) in [5.74, 6) is 0. The Morgan fingerprint density at radius 3 is 1.75 bits per heavy atom. The van der Waals surface area contributed by atoms with Crippen molar-refractivity contribution in [2.24, 2.45) is 4.99 Å². The Labute approximate surface area is 128 Å². The van der Waals surface area contributed by atoms with Crippen molar-refractivity contribution >= 4 is 14.1 Å². The van der Waals surface area contributed by atoms with Crippen molar-refractivity contribution in [1.82, 2.24) is 0 Å². The fraction of sp³-hybridized carbons (Fsp3) is 0.833. The molecule has 0 bridgehead atoms. The summed E-state index contributed by atoms with van der Waals surface area (Å²) in [6, 6.07) is 0. The van der Waals surface area contributed by atoms with E-state index < -0.39 is 0 Å². The average molecular weight is 295 g/mol. The molecule has 20 heavy (non-hydrogen) atoms. The van der Waals surface area contributed by atoms with Crippen LogP contribution in [0.25, 0.3) is 0 Å². The van der Waals surface area contributed by atoms with Crippen LogP contribution in [0.15, 0.2) is 15.9 Å². The smallest absolute Gasteiger partial charge is 0.0524 e. The van der Waals surface area contributed by atoms with Crippen molar-refractivity contribution in [2.75, 3.05) is 0 Å². The van der Waals surface area contributed by atoms with Gasteiger partial charge in [0.2, 0.25) is 0 Å². The molecule has 1 aliphatic carbocycles. The first-order valence-corrected chi connectivity index (χ1v) is 9.24. The van der Waals surface area contributed by atoms with Crippen molar-refractivity contribution < 1.29 is 0 Å². The van der Waals surface area contributed by atoms with Crippen LogP contribution >= 0.6 is 7.92 Å². The number of hydrogen-bond donors (Lipinski definition) is 0. The Balaban J connectivity index is 3.20. The molecular weight excluding hydrogens is 261 g/mol. The third-order valence-electron chi connectivity index (χ3n) is 3.45. The quantitative estimate of drug-likeness (QED) is 0.414. The molecule has 0 atom stereocenters. The second kappa shape index (κ2) is 5.91. The average Bonchev–Trinajstić information content (AvgIpc) is 2.56. The molecule has 0 radical (unpaired) electrons. The van der Waals surface area contributed by atoms with Crippen molar-refractivity contribution in [3.8, 4) is 0 Å². The molecule has 0 fully saturated rings. The van der Waals surface area contributed by atoms with E-state index in [2.05, 4.69) is 68.5 Å². The fourth-order valence-electron chi connectivity index (χ4n) is 3.23. The van der Waals surface area contributed by atoms with Crippen LogP contribution in [-0.2, 0) is 0 Å². The topological polar surface area (TPSA) is 12.4 Å². The number of aliphatic imine (C=N–C) groups is 1. The molecular formula is C18H34NP. The molecule has 0 unspecified atom stereocenters. The van der Waals surface area contributed by atoms with E-state index >= 15 is 0 Å². The maximum absolute atomic E-state index is 4.76. The summed E-state index contributed by atoms with van der Waals surface area (Å²) in [7, 11) is -0.142. The van der Waals surface area contributed by atoms with Gasteiger partial charge in [0.25, 0.3) is 0 Å². The summed E-state index contributed by atoms with van der Waals surface area (Å²) in [5, 5.41) is 2.47. The largest absolute Gasteiger partial charge is 0.287 e. The SMILES string of the molecule is CC(C)(C)N=CC1=C(P(C(C)(C)C)C(C)(C)C)CCC1. The van der Waals surface area contributed by atoms with Gasteiger partial charge in [-0.3, -0.25) is 4.99 Å². The minimum absolute atomic E-state index is 0.0346. The molecule has 0 aliphatic heterocycles. The van der Waals surface area contributed by atoms with E-state index in [1.54, 1.807) is 5.31 Å². The van der Waals surface area contributed by atoms with E-state index in [9.17, 15) is 0 Å². The van der Waals surface area contributed by atoms with Crippen LogP contribution in [0.3, 0.4) is 0 Å². The molecule has 0 amide bonds. The lowest BCUT2D eigenvalue weighted by atomic mass is 10.1. The Morgan fingerprint density at radius 1 is 0.850 bits per heavy atom. The van der Waals surface area contributed by atoms with Gasteiger partial charge in [0, 0.05) is 6.21 Å². The zero-order chi connectivity index (χ0) is 15.8. The van der Waals surface area contributed by atoms with Crippen LogP contribution in [0.1, 0.15) is 81.6 Å². The van der Waals surface area contributed by atoms with Gasteiger partial charge < -0.3 is 0 Å². The number of allylic oxidation sites excluding steroid dienone is 2. The zero-order valence-electron chi connectivity index (χ0n) is 15.1. The third kappa shape index (κ3) is 4.99. The second-order valence-corrected chi connectivity index (χ2v) is 12.8. The lowest BCUT2D eigenvalue weighted by Gasteiger charge is -2.43. The van der Waals surface area contributed by atoms with Gasteiger partial charge in [0.1, 0.15) is 0 Å². The summed E-state index contributed by atoms with van der Waals surface area (Å²) >= 11 is 0. The minimum atomic E-state index is -0.142. The maximum Gasteiger partial charge on any atom is 0.0524 e. The number of rotatable bonds is 2. The van der Waals surface area contributed by atoms with E-state index in [0.29, 0.717) is 10.3 Å². The molecule has 0 spiro atoms. The van der Waals surface area contributed by atoms with Gasteiger partial charge >= 0.3 is 0 Å². The van der Waals surface area contributed by atoms with Crippen LogP contribution in [-0.4, -0.2) is 22.1 Å². The normalized spacial score (nSPS) is 18.7. The molecule has 0 heterocycles. The number of nitrogens with zero attached hydrogens (tertiary/aromatic N) is 1. The summed E-state index contributed by atoms with van der Waals surface area (Å²) < 4.78 is 0. The molecule has 0 aromatic heterocycles. The molecule has 0 saturated heterocycles. The van der Waals surface area contributed by atoms with Crippen LogP contribution in [0.2, 0.25) is 0 Å². The fourth-order valence-corrected chi connectivity index (χ4v) is 7.70. The molecule has 1 rings (SSSR count). The van der Waals surface area contributed by atoms with Crippen LogP contribution in [0.4, 0.5) is 0 Å². The van der Waals surface area contributed by atoms with Crippen molar-refractivity contribution in [2.45, 2.75) is 97.4 Å². The molecule has 0 N–H and O–H groups in total. The Morgan fingerprint density at radius 2 is 1.35 bits per heavy atom. The van der Waals surface area contributed by atoms with Gasteiger partial charge in [-0.25, -0.2) is 0 Å². The van der Waals surface area contributed by atoms with Gasteiger partial charge in [-0.1, -0.05) is 49.5 Å². The van der Waals surface area contributed by atoms with Gasteiger partial charge in [-0.15, -0.1) is 0 Å². The lowest BCUT2D eigenvalue weighted by Crippen LogP contribution is -2.26. The third-order valence-corrected chi connectivity index (χ3v) is 7.18. The Bertz CT molecular complexity index is 383. The van der Waals surface area contributed by atoms with Crippen LogP contribution in [0.5, 0.6) is 0 Å². The van der Waals surface area contributed by atoms with Gasteiger partial charge in [0.05, 0.1) is 5.54 Å². The van der Waals surface area contributed by atoms with Crippen molar-refractivity contribution in [3.63, 3.8) is 0 Å². The minimum Gasteiger partial charge on any atom is -0.287 e. The summed E-state index contributed by atoms with van der Waals surface area (Å²) in [5.41, 5.74) is 1.57. The summed E-state index contributed by atoms with van der Waals surface area (Å²) in [6.45, 7) is 21.0. The van der Waals surface area contributed by atoms with Crippen molar-refractivity contribution in [1.29, 1.82) is 0 Å². The van der Waals surface area contributed by atoms with E-state index in [4.69, 9.17) is 4.99 Å². The first-order chi connectivity index (χ1) is 8.82. The summed E-state index contributed by atoms with van der Waals surface area (Å²) in [4.78, 5) is 4.76. The van der Waals surface area contributed by atoms with Crippen LogP contribution in [0, 0.1) is 0 Å². The second-order valence-electron chi connectivity index (χ2n) is 8.93. The molecule has 0 aromatic carbocycles. The highest BCUT2D eigenvalue weighted by Gasteiger charge is 2.38. The standard InChI is InChI=1S/C18H34NP/c1-16(2,3)19-13-14-11-10-12-15(14)20(17(4,5)6)18(7,8)9/h13H,10-12H2,1-9H3. The van der Waals surface area contributed by atoms with Gasteiger partial charge in [0.15, 0.2) is 0 Å². The highest BCUT2D eigenvalue weighted by molar-refractivity contribution is 7.65. The predicted octanol–water partition coefficient (Wildman–Crippen LogP) is 6.37. The first-order valence-electron chi connectivity index (χ1n) is 7.90. The van der Waals surface area contributed by atoms with Crippen molar-refractivity contribution in [3.05, 3.63) is 10.9 Å². The maximum atomic E-state index is 4.76. The number of hydrogen-bond acceptors (Lipinski definition) is 1. The van der Waals surface area contributed by atoms with E-state index in [1.807, 2.05) is 0 Å². The Kier molecular flexibility index (Phi) is 5.29. The summed E-state index contributed by atoms with van der Waals surface area (Å²) in [6.07, 6.45) is 6.01. The van der Waals surface area contributed by atoms with Crippen LogP contribution < -0.4 is 0 Å². The predicted molar refractivity (Wildman–Crippen MR) is 95.5 cm³/mol. The molecule has 0 saturated carbocycles. The Hall–Kier alpha value is -0.160. The molecule has 1 aliphatic rings. The molecule has 1 nitrogen and oxygen atoms in total. The van der Waals surface area contributed by atoms with E-state index in [-0.39, 0.29) is 13.5 Å². The molecule has 0 aromatic rings. The van der Waals surface area contributed by atoms with E-state index in [1.165, 1.54) is 24.8 Å². The molecule has 2 heteroatoms. The zero-order valence-corrected chi connectivity index (χ0v) is 16.0. The van der Waals surface area contributed by atoms with Gasteiger partial charge in [-0.2, -0.15) is 0 Å². The molecule has 116 valence electrons.